The lowest BCUT2D eigenvalue weighted by Gasteiger charge is -2.07. The summed E-state index contributed by atoms with van der Waals surface area (Å²) in [5, 5.41) is 14.1. The van der Waals surface area contributed by atoms with Crippen molar-refractivity contribution >= 4 is 17.0 Å². The van der Waals surface area contributed by atoms with Gasteiger partial charge in [0.1, 0.15) is 5.65 Å². The average Bonchev–Trinajstić information content (AvgIpc) is 2.97. The standard InChI is InChI=1S/C16H16N4O3/c1-23-15-10-12(5-6-14(15)20(21)22)17-8-7-13-11-19-9-3-2-4-16(19)18-13/h2-6,9-11,17H,7-8H2,1H3. The van der Waals surface area contributed by atoms with E-state index in [1.54, 1.807) is 12.1 Å². The molecule has 0 saturated carbocycles. The van der Waals surface area contributed by atoms with Crippen molar-refractivity contribution in [3.05, 3.63) is 64.6 Å². The van der Waals surface area contributed by atoms with Gasteiger partial charge in [0.25, 0.3) is 0 Å². The summed E-state index contributed by atoms with van der Waals surface area (Å²) >= 11 is 0. The molecule has 0 aliphatic heterocycles. The first kappa shape index (κ1) is 14.8. The van der Waals surface area contributed by atoms with Gasteiger partial charge in [-0.25, -0.2) is 4.98 Å². The molecule has 0 bridgehead atoms. The summed E-state index contributed by atoms with van der Waals surface area (Å²) in [5.41, 5.74) is 2.63. The molecule has 2 aromatic heterocycles. The van der Waals surface area contributed by atoms with E-state index < -0.39 is 4.92 Å². The molecule has 3 rings (SSSR count). The molecule has 23 heavy (non-hydrogen) atoms. The maximum atomic E-state index is 10.9. The molecule has 0 aliphatic carbocycles. The minimum atomic E-state index is -0.459. The zero-order chi connectivity index (χ0) is 16.2. The second kappa shape index (κ2) is 6.35. The fourth-order valence-corrected chi connectivity index (χ4v) is 2.38. The largest absolute Gasteiger partial charge is 0.490 e. The molecule has 0 aliphatic rings. The first-order valence-corrected chi connectivity index (χ1v) is 7.16. The van der Waals surface area contributed by atoms with Gasteiger partial charge in [-0.1, -0.05) is 6.07 Å². The van der Waals surface area contributed by atoms with Crippen LogP contribution in [0.5, 0.6) is 5.75 Å². The van der Waals surface area contributed by atoms with Crippen molar-refractivity contribution in [3.63, 3.8) is 0 Å². The maximum Gasteiger partial charge on any atom is 0.311 e. The molecule has 118 valence electrons. The molecule has 3 aromatic rings. The van der Waals surface area contributed by atoms with Crippen LogP contribution in [0, 0.1) is 10.1 Å². The van der Waals surface area contributed by atoms with Crippen LogP contribution in [-0.2, 0) is 6.42 Å². The number of nitrogens with one attached hydrogen (secondary N) is 1. The summed E-state index contributed by atoms with van der Waals surface area (Å²) in [6.45, 7) is 0.671. The van der Waals surface area contributed by atoms with E-state index in [-0.39, 0.29) is 11.4 Å². The number of fused-ring (bicyclic) bond motifs is 1. The Kier molecular flexibility index (Phi) is 4.09. The fraction of sp³-hybridized carbons (Fsp3) is 0.188. The minimum Gasteiger partial charge on any atom is -0.490 e. The number of nitro benzene ring substituents is 1. The number of nitro groups is 1. The normalized spacial score (nSPS) is 10.7. The summed E-state index contributed by atoms with van der Waals surface area (Å²) in [4.78, 5) is 14.9. The van der Waals surface area contributed by atoms with Crippen molar-refractivity contribution in [3.8, 4) is 5.75 Å². The van der Waals surface area contributed by atoms with E-state index in [9.17, 15) is 10.1 Å². The van der Waals surface area contributed by atoms with E-state index in [1.165, 1.54) is 13.2 Å². The van der Waals surface area contributed by atoms with E-state index in [1.807, 2.05) is 35.0 Å². The molecule has 1 N–H and O–H groups in total. The van der Waals surface area contributed by atoms with E-state index in [4.69, 9.17) is 4.74 Å². The highest BCUT2D eigenvalue weighted by Crippen LogP contribution is 2.29. The molecular weight excluding hydrogens is 296 g/mol. The number of imidazole rings is 1. The molecule has 0 fully saturated rings. The molecule has 0 saturated heterocycles. The van der Waals surface area contributed by atoms with Crippen molar-refractivity contribution in [2.24, 2.45) is 0 Å². The van der Waals surface area contributed by atoms with Gasteiger partial charge in [-0.3, -0.25) is 10.1 Å². The second-order valence-corrected chi connectivity index (χ2v) is 5.02. The van der Waals surface area contributed by atoms with Gasteiger partial charge in [-0.2, -0.15) is 0 Å². The topological polar surface area (TPSA) is 81.7 Å². The summed E-state index contributed by atoms with van der Waals surface area (Å²) in [5.74, 6) is 0.243. The molecule has 7 nitrogen and oxygen atoms in total. The molecule has 7 heteroatoms. The van der Waals surface area contributed by atoms with Crippen molar-refractivity contribution in [1.29, 1.82) is 0 Å². The quantitative estimate of drug-likeness (QED) is 0.559. The Hall–Kier alpha value is -3.09. The third kappa shape index (κ3) is 3.23. The second-order valence-electron chi connectivity index (χ2n) is 5.02. The number of pyridine rings is 1. The van der Waals surface area contributed by atoms with Gasteiger partial charge in [0, 0.05) is 43.2 Å². The lowest BCUT2D eigenvalue weighted by atomic mass is 10.2. The van der Waals surface area contributed by atoms with E-state index in [0.717, 1.165) is 23.4 Å². The van der Waals surface area contributed by atoms with Crippen LogP contribution in [0.2, 0.25) is 0 Å². The van der Waals surface area contributed by atoms with E-state index in [0.29, 0.717) is 6.54 Å². The van der Waals surface area contributed by atoms with Gasteiger partial charge >= 0.3 is 5.69 Å². The fourth-order valence-electron chi connectivity index (χ4n) is 2.38. The Labute approximate surface area is 132 Å². The Balaban J connectivity index is 1.65. The van der Waals surface area contributed by atoms with Gasteiger partial charge < -0.3 is 14.5 Å². The van der Waals surface area contributed by atoms with Crippen LogP contribution in [0.15, 0.2) is 48.8 Å². The molecule has 2 heterocycles. The van der Waals surface area contributed by atoms with E-state index >= 15 is 0 Å². The van der Waals surface area contributed by atoms with Crippen LogP contribution in [0.4, 0.5) is 11.4 Å². The number of aromatic nitrogens is 2. The zero-order valence-electron chi connectivity index (χ0n) is 12.6. The highest BCUT2D eigenvalue weighted by atomic mass is 16.6. The van der Waals surface area contributed by atoms with Crippen LogP contribution in [0.25, 0.3) is 5.65 Å². The van der Waals surface area contributed by atoms with Crippen LogP contribution < -0.4 is 10.1 Å². The van der Waals surface area contributed by atoms with E-state index in [2.05, 4.69) is 10.3 Å². The number of methoxy groups -OCH3 is 1. The summed E-state index contributed by atoms with van der Waals surface area (Å²) in [6.07, 6.45) is 4.70. The number of ether oxygens (including phenoxy) is 1. The molecule has 0 amide bonds. The van der Waals surface area contributed by atoms with Crippen molar-refractivity contribution < 1.29 is 9.66 Å². The predicted molar refractivity (Wildman–Crippen MR) is 87.0 cm³/mol. The molecule has 0 unspecified atom stereocenters. The number of anilines is 1. The average molecular weight is 312 g/mol. The van der Waals surface area contributed by atoms with Gasteiger partial charge in [0.2, 0.25) is 0 Å². The van der Waals surface area contributed by atoms with Crippen LogP contribution in [-0.4, -0.2) is 28.0 Å². The van der Waals surface area contributed by atoms with Gasteiger partial charge in [0.15, 0.2) is 5.75 Å². The highest BCUT2D eigenvalue weighted by Gasteiger charge is 2.14. The first-order chi connectivity index (χ1) is 11.2. The third-order valence-corrected chi connectivity index (χ3v) is 3.50. The Bertz CT molecular complexity index is 811. The lowest BCUT2D eigenvalue weighted by molar-refractivity contribution is -0.385. The van der Waals surface area contributed by atoms with Gasteiger partial charge in [0.05, 0.1) is 17.7 Å². The highest BCUT2D eigenvalue weighted by molar-refractivity contribution is 5.58. The monoisotopic (exact) mass is 312 g/mol. The molecule has 0 atom stereocenters. The van der Waals surface area contributed by atoms with Crippen molar-refractivity contribution in [2.75, 3.05) is 19.0 Å². The van der Waals surface area contributed by atoms with Gasteiger partial charge in [-0.05, 0) is 18.2 Å². The van der Waals surface area contributed by atoms with Crippen LogP contribution >= 0.6 is 0 Å². The Morgan fingerprint density at radius 3 is 2.96 bits per heavy atom. The molecule has 1 aromatic carbocycles. The number of nitrogens with zero attached hydrogens (tertiary/aromatic N) is 3. The smallest absolute Gasteiger partial charge is 0.311 e. The number of benzene rings is 1. The van der Waals surface area contributed by atoms with Crippen molar-refractivity contribution in [1.82, 2.24) is 9.38 Å². The van der Waals surface area contributed by atoms with Crippen LogP contribution in [0.1, 0.15) is 5.69 Å². The summed E-state index contributed by atoms with van der Waals surface area (Å²) in [6, 6.07) is 10.6. The maximum absolute atomic E-state index is 10.9. The van der Waals surface area contributed by atoms with Crippen molar-refractivity contribution in [2.45, 2.75) is 6.42 Å². The van der Waals surface area contributed by atoms with Crippen LogP contribution in [0.3, 0.4) is 0 Å². The lowest BCUT2D eigenvalue weighted by Crippen LogP contribution is -2.05. The summed E-state index contributed by atoms with van der Waals surface area (Å²) < 4.78 is 7.03. The molecular formula is C16H16N4O3. The number of rotatable bonds is 6. The predicted octanol–water partition coefficient (Wildman–Crippen LogP) is 2.91. The Morgan fingerprint density at radius 2 is 2.22 bits per heavy atom. The SMILES string of the molecule is COc1cc(NCCc2cn3ccccc3n2)ccc1[N+](=O)[O-]. The Morgan fingerprint density at radius 1 is 1.35 bits per heavy atom. The third-order valence-electron chi connectivity index (χ3n) is 3.50. The molecule has 0 radical (unpaired) electrons. The zero-order valence-corrected chi connectivity index (χ0v) is 12.6. The number of hydrogen-bond acceptors (Lipinski definition) is 5. The number of hydrogen-bond donors (Lipinski definition) is 1. The summed E-state index contributed by atoms with van der Waals surface area (Å²) in [7, 11) is 1.42. The minimum absolute atomic E-state index is 0.0431. The molecule has 0 spiro atoms. The van der Waals surface area contributed by atoms with Gasteiger partial charge in [-0.15, -0.1) is 0 Å². The first-order valence-electron chi connectivity index (χ1n) is 7.16.